The lowest BCUT2D eigenvalue weighted by molar-refractivity contribution is -0.140. The Morgan fingerprint density at radius 1 is 1.18 bits per heavy atom. The number of amides is 3. The number of ether oxygens (including phenoxy) is 1. The van der Waals surface area contributed by atoms with E-state index < -0.39 is 18.2 Å². The van der Waals surface area contributed by atoms with Crippen LogP contribution >= 0.6 is 0 Å². The molecule has 10 nitrogen and oxygen atoms in total. The van der Waals surface area contributed by atoms with Crippen LogP contribution in [0.25, 0.3) is 0 Å². The van der Waals surface area contributed by atoms with Crippen LogP contribution in [0.5, 0.6) is 0 Å². The van der Waals surface area contributed by atoms with Crippen molar-refractivity contribution in [2.75, 3.05) is 13.2 Å². The van der Waals surface area contributed by atoms with Crippen molar-refractivity contribution in [2.45, 2.75) is 38.4 Å². The van der Waals surface area contributed by atoms with Gasteiger partial charge in [-0.2, -0.15) is 0 Å². The molecule has 10 heteroatoms. The summed E-state index contributed by atoms with van der Waals surface area (Å²) in [5, 5.41) is 17.2. The summed E-state index contributed by atoms with van der Waals surface area (Å²) in [4.78, 5) is 40.0. The van der Waals surface area contributed by atoms with Crippen molar-refractivity contribution < 1.29 is 24.3 Å². The second kappa shape index (κ2) is 11.7. The Bertz CT molecular complexity index is 1030. The maximum Gasteiger partial charge on any atom is 0.408 e. The molecule has 0 aromatic heterocycles. The van der Waals surface area contributed by atoms with Crippen LogP contribution in [0.15, 0.2) is 59.8 Å². The molecule has 2 aromatic carbocycles. The van der Waals surface area contributed by atoms with Gasteiger partial charge in [-0.05, 0) is 30.9 Å². The maximum absolute atomic E-state index is 13.4. The molecule has 34 heavy (non-hydrogen) atoms. The third-order valence-corrected chi connectivity index (χ3v) is 5.58. The van der Waals surface area contributed by atoms with Gasteiger partial charge in [0.15, 0.2) is 5.84 Å². The van der Waals surface area contributed by atoms with Gasteiger partial charge < -0.3 is 31.2 Å². The molecule has 0 radical (unpaired) electrons. The van der Waals surface area contributed by atoms with Crippen LogP contribution in [-0.2, 0) is 20.9 Å². The molecule has 3 amide bonds. The first-order valence-electron chi connectivity index (χ1n) is 11.1. The quantitative estimate of drug-likeness (QED) is 0.202. The summed E-state index contributed by atoms with van der Waals surface area (Å²) in [6.07, 6.45) is 0.514. The van der Waals surface area contributed by atoms with Crippen LogP contribution in [0.3, 0.4) is 0 Å². The van der Waals surface area contributed by atoms with Crippen molar-refractivity contribution in [2.24, 2.45) is 10.9 Å². The smallest absolute Gasteiger partial charge is 0.408 e. The van der Waals surface area contributed by atoms with Gasteiger partial charge in [0.1, 0.15) is 12.1 Å². The monoisotopic (exact) mass is 467 g/mol. The molecule has 2 atom stereocenters. The highest BCUT2D eigenvalue weighted by Crippen LogP contribution is 2.24. The Kier molecular flexibility index (Phi) is 8.44. The molecule has 1 aliphatic rings. The van der Waals surface area contributed by atoms with Crippen molar-refractivity contribution in [3.8, 4) is 0 Å². The molecule has 1 aliphatic heterocycles. The average molecular weight is 468 g/mol. The number of hydrogen-bond acceptors (Lipinski definition) is 6. The SMILES string of the molecule is CCOC(=O)N[C@@H](C(=O)N1CCC[C@H]1C(=O)NCc1ccc(C(N)=NO)cc1)c1ccccc1. The Morgan fingerprint density at radius 3 is 2.53 bits per heavy atom. The third kappa shape index (κ3) is 6.03. The number of carbonyl (C=O) groups is 3. The Hall–Kier alpha value is -4.08. The number of carbonyl (C=O) groups excluding carboxylic acids is 3. The summed E-state index contributed by atoms with van der Waals surface area (Å²) >= 11 is 0. The van der Waals surface area contributed by atoms with E-state index in [1.807, 2.05) is 6.07 Å². The molecule has 0 aliphatic carbocycles. The summed E-state index contributed by atoms with van der Waals surface area (Å²) in [5.41, 5.74) is 7.56. The van der Waals surface area contributed by atoms with E-state index in [4.69, 9.17) is 15.7 Å². The first-order chi connectivity index (χ1) is 16.4. The van der Waals surface area contributed by atoms with E-state index in [-0.39, 0.29) is 30.8 Å². The zero-order valence-corrected chi connectivity index (χ0v) is 18.9. The molecule has 1 fully saturated rings. The second-order valence-corrected chi connectivity index (χ2v) is 7.80. The first kappa shape index (κ1) is 24.6. The predicted molar refractivity (Wildman–Crippen MR) is 125 cm³/mol. The summed E-state index contributed by atoms with van der Waals surface area (Å²) in [6, 6.07) is 14.2. The minimum absolute atomic E-state index is 0.0000866. The van der Waals surface area contributed by atoms with E-state index >= 15 is 0 Å². The van der Waals surface area contributed by atoms with Gasteiger partial charge in [-0.25, -0.2) is 4.79 Å². The predicted octanol–water partition coefficient (Wildman–Crippen LogP) is 1.88. The van der Waals surface area contributed by atoms with E-state index in [9.17, 15) is 14.4 Å². The Morgan fingerprint density at radius 2 is 1.88 bits per heavy atom. The fourth-order valence-corrected chi connectivity index (χ4v) is 3.85. The van der Waals surface area contributed by atoms with Crippen molar-refractivity contribution in [1.82, 2.24) is 15.5 Å². The summed E-state index contributed by atoms with van der Waals surface area (Å²) in [5.74, 6) is -0.630. The molecular formula is C24H29N5O5. The summed E-state index contributed by atoms with van der Waals surface area (Å²) in [7, 11) is 0. The largest absolute Gasteiger partial charge is 0.450 e. The van der Waals surface area contributed by atoms with Crippen molar-refractivity contribution in [3.63, 3.8) is 0 Å². The van der Waals surface area contributed by atoms with E-state index in [0.717, 1.165) is 5.56 Å². The number of nitrogens with zero attached hydrogens (tertiary/aromatic N) is 2. The highest BCUT2D eigenvalue weighted by molar-refractivity contribution is 5.97. The van der Waals surface area contributed by atoms with E-state index in [2.05, 4.69) is 15.8 Å². The molecular weight excluding hydrogens is 438 g/mol. The average Bonchev–Trinajstić information content (AvgIpc) is 3.36. The van der Waals surface area contributed by atoms with Crippen molar-refractivity contribution >= 4 is 23.7 Å². The maximum atomic E-state index is 13.4. The lowest BCUT2D eigenvalue weighted by Crippen LogP contribution is -2.50. The molecule has 0 bridgehead atoms. The fourth-order valence-electron chi connectivity index (χ4n) is 3.85. The number of rotatable bonds is 8. The van der Waals surface area contributed by atoms with Gasteiger partial charge >= 0.3 is 6.09 Å². The molecule has 0 unspecified atom stereocenters. The number of nitrogens with one attached hydrogen (secondary N) is 2. The topological polar surface area (TPSA) is 146 Å². The van der Waals surface area contributed by atoms with Gasteiger partial charge in [0, 0.05) is 18.7 Å². The zero-order chi connectivity index (χ0) is 24.5. The first-order valence-corrected chi connectivity index (χ1v) is 11.1. The van der Waals surface area contributed by atoms with Crippen LogP contribution in [0, 0.1) is 0 Å². The van der Waals surface area contributed by atoms with Crippen LogP contribution in [-0.4, -0.2) is 53.0 Å². The molecule has 2 aromatic rings. The van der Waals surface area contributed by atoms with E-state index in [0.29, 0.717) is 30.5 Å². The van der Waals surface area contributed by atoms with Gasteiger partial charge in [0.2, 0.25) is 5.91 Å². The lowest BCUT2D eigenvalue weighted by atomic mass is 10.0. The van der Waals surface area contributed by atoms with Gasteiger partial charge in [-0.3, -0.25) is 9.59 Å². The lowest BCUT2D eigenvalue weighted by Gasteiger charge is -2.28. The molecule has 0 spiro atoms. The van der Waals surface area contributed by atoms with Crippen molar-refractivity contribution in [3.05, 3.63) is 71.3 Å². The second-order valence-electron chi connectivity index (χ2n) is 7.80. The molecule has 3 rings (SSSR count). The standard InChI is InChI=1S/C24H29N5O5/c1-2-34-24(32)27-20(17-7-4-3-5-8-17)23(31)29-14-6-9-19(29)22(30)26-15-16-10-12-18(13-11-16)21(25)28-33/h3-5,7-8,10-13,19-20,33H,2,6,9,14-15H2,1H3,(H2,25,28)(H,26,30)(H,27,32)/t19-,20+/m0/s1. The fraction of sp³-hybridized carbons (Fsp3) is 0.333. The van der Waals surface area contributed by atoms with Crippen LogP contribution < -0.4 is 16.4 Å². The molecule has 180 valence electrons. The molecule has 5 N–H and O–H groups in total. The zero-order valence-electron chi connectivity index (χ0n) is 18.9. The molecule has 0 saturated carbocycles. The Balaban J connectivity index is 1.68. The van der Waals surface area contributed by atoms with Gasteiger partial charge in [-0.15, -0.1) is 0 Å². The van der Waals surface area contributed by atoms with Gasteiger partial charge in [0.05, 0.1) is 6.61 Å². The highest BCUT2D eigenvalue weighted by Gasteiger charge is 2.38. The van der Waals surface area contributed by atoms with E-state index in [1.54, 1.807) is 55.5 Å². The van der Waals surface area contributed by atoms with Crippen LogP contribution in [0.4, 0.5) is 4.79 Å². The van der Waals surface area contributed by atoms with E-state index in [1.165, 1.54) is 4.90 Å². The number of oxime groups is 1. The Labute approximate surface area is 197 Å². The minimum atomic E-state index is -0.958. The van der Waals surface area contributed by atoms with Crippen LogP contribution in [0.1, 0.15) is 42.5 Å². The number of nitrogens with two attached hydrogens (primary N) is 1. The summed E-state index contributed by atoms with van der Waals surface area (Å²) < 4.78 is 4.97. The normalized spacial score (nSPS) is 16.6. The summed E-state index contributed by atoms with van der Waals surface area (Å²) in [6.45, 7) is 2.54. The van der Waals surface area contributed by atoms with Crippen molar-refractivity contribution in [1.29, 1.82) is 0 Å². The number of amidine groups is 1. The minimum Gasteiger partial charge on any atom is -0.450 e. The van der Waals surface area contributed by atoms with Crippen LogP contribution in [0.2, 0.25) is 0 Å². The highest BCUT2D eigenvalue weighted by atomic mass is 16.5. The van der Waals surface area contributed by atoms with Gasteiger partial charge in [-0.1, -0.05) is 59.8 Å². The number of likely N-dealkylation sites (tertiary alicyclic amines) is 1. The number of hydrogen-bond donors (Lipinski definition) is 4. The number of benzene rings is 2. The van der Waals surface area contributed by atoms with Gasteiger partial charge in [0.25, 0.3) is 5.91 Å². The number of alkyl carbamates (subject to hydrolysis) is 1. The third-order valence-electron chi connectivity index (χ3n) is 5.58. The molecule has 1 heterocycles. The molecule has 1 saturated heterocycles.